The van der Waals surface area contributed by atoms with Gasteiger partial charge < -0.3 is 0 Å². The van der Waals surface area contributed by atoms with E-state index in [4.69, 9.17) is 11.6 Å². The second-order valence-corrected chi connectivity index (χ2v) is 6.79. The Labute approximate surface area is 122 Å². The molecule has 0 heterocycles. The molecular weight excluding hydrogens is 292 g/mol. The molecule has 0 bridgehead atoms. The minimum absolute atomic E-state index is 0.248. The average Bonchev–Trinajstić information content (AvgIpc) is 2.47. The Morgan fingerprint density at radius 2 is 1.40 bits per heavy atom. The Bertz CT molecular complexity index is 863. The predicted octanol–water partition coefficient (Wildman–Crippen LogP) is 4.33. The molecule has 0 atom stereocenters. The summed E-state index contributed by atoms with van der Waals surface area (Å²) in [6.45, 7) is 0. The number of rotatable bonds is 2. The average molecular weight is 303 g/mol. The van der Waals surface area contributed by atoms with E-state index in [1.54, 1.807) is 24.3 Å². The standard InChI is InChI=1S/C16H11ClO2S/c17-13-8-10-14(11-9-13)20(18,19)16-7-3-5-12-4-1-2-6-15(12)16/h1-11H. The number of sulfone groups is 1. The van der Waals surface area contributed by atoms with Crippen molar-refractivity contribution in [2.75, 3.05) is 0 Å². The van der Waals surface area contributed by atoms with Crippen LogP contribution in [0, 0.1) is 0 Å². The Hall–Kier alpha value is -1.84. The second-order valence-electron chi connectivity index (χ2n) is 4.43. The molecule has 100 valence electrons. The zero-order valence-corrected chi connectivity index (χ0v) is 12.0. The van der Waals surface area contributed by atoms with Gasteiger partial charge in [-0.15, -0.1) is 0 Å². The van der Waals surface area contributed by atoms with Gasteiger partial charge in [0.1, 0.15) is 0 Å². The van der Waals surface area contributed by atoms with E-state index in [0.29, 0.717) is 9.92 Å². The van der Waals surface area contributed by atoms with Crippen LogP contribution in [0.2, 0.25) is 5.02 Å². The summed E-state index contributed by atoms with van der Waals surface area (Å²) < 4.78 is 25.4. The summed E-state index contributed by atoms with van der Waals surface area (Å²) in [5, 5.41) is 2.15. The van der Waals surface area contributed by atoms with Crippen molar-refractivity contribution in [3.8, 4) is 0 Å². The molecule has 2 nitrogen and oxygen atoms in total. The fourth-order valence-corrected chi connectivity index (χ4v) is 3.78. The van der Waals surface area contributed by atoms with Crippen LogP contribution < -0.4 is 0 Å². The molecule has 0 fully saturated rings. The maximum Gasteiger partial charge on any atom is 0.207 e. The fourth-order valence-electron chi connectivity index (χ4n) is 2.17. The molecular formula is C16H11ClO2S. The lowest BCUT2D eigenvalue weighted by molar-refractivity contribution is 0.597. The molecule has 0 aliphatic heterocycles. The highest BCUT2D eigenvalue weighted by atomic mass is 35.5. The highest BCUT2D eigenvalue weighted by Gasteiger charge is 2.19. The van der Waals surface area contributed by atoms with E-state index in [1.165, 1.54) is 12.1 Å². The summed E-state index contributed by atoms with van der Waals surface area (Å²) in [6, 6.07) is 18.9. The zero-order valence-electron chi connectivity index (χ0n) is 10.5. The molecule has 3 rings (SSSR count). The van der Waals surface area contributed by atoms with Crippen LogP contribution in [0.4, 0.5) is 0 Å². The van der Waals surface area contributed by atoms with Gasteiger partial charge in [0.15, 0.2) is 0 Å². The minimum atomic E-state index is -3.54. The first kappa shape index (κ1) is 13.2. The third-order valence-corrected chi connectivity index (χ3v) is 5.24. The fraction of sp³-hybridized carbons (Fsp3) is 0. The Morgan fingerprint density at radius 1 is 0.750 bits per heavy atom. The van der Waals surface area contributed by atoms with Crippen molar-refractivity contribution >= 4 is 32.2 Å². The molecule has 3 aromatic rings. The maximum atomic E-state index is 12.7. The zero-order chi connectivity index (χ0) is 14.2. The van der Waals surface area contributed by atoms with E-state index in [0.717, 1.165) is 10.8 Å². The Balaban J connectivity index is 2.27. The Morgan fingerprint density at radius 3 is 2.15 bits per heavy atom. The lowest BCUT2D eigenvalue weighted by Crippen LogP contribution is -2.02. The van der Waals surface area contributed by atoms with Crippen molar-refractivity contribution < 1.29 is 8.42 Å². The first-order chi connectivity index (χ1) is 9.59. The van der Waals surface area contributed by atoms with Gasteiger partial charge in [0.2, 0.25) is 9.84 Å². The smallest absolute Gasteiger partial charge is 0.207 e. The van der Waals surface area contributed by atoms with Gasteiger partial charge >= 0.3 is 0 Å². The van der Waals surface area contributed by atoms with Crippen LogP contribution in [0.5, 0.6) is 0 Å². The maximum absolute atomic E-state index is 12.7. The van der Waals surface area contributed by atoms with E-state index in [9.17, 15) is 8.42 Å². The van der Waals surface area contributed by atoms with Gasteiger partial charge in [0, 0.05) is 10.4 Å². The summed E-state index contributed by atoms with van der Waals surface area (Å²) in [5.74, 6) is 0. The molecule has 0 aliphatic carbocycles. The van der Waals surface area contributed by atoms with Crippen molar-refractivity contribution in [3.05, 3.63) is 71.8 Å². The van der Waals surface area contributed by atoms with Gasteiger partial charge in [-0.1, -0.05) is 48.0 Å². The number of fused-ring (bicyclic) bond motifs is 1. The molecule has 0 N–H and O–H groups in total. The molecule has 20 heavy (non-hydrogen) atoms. The molecule has 0 aromatic heterocycles. The number of hydrogen-bond donors (Lipinski definition) is 0. The molecule has 0 radical (unpaired) electrons. The molecule has 0 unspecified atom stereocenters. The van der Waals surface area contributed by atoms with Crippen LogP contribution in [0.1, 0.15) is 0 Å². The topological polar surface area (TPSA) is 34.1 Å². The third kappa shape index (κ3) is 2.19. The molecule has 0 saturated heterocycles. The number of halogens is 1. The number of benzene rings is 3. The van der Waals surface area contributed by atoms with E-state index >= 15 is 0 Å². The van der Waals surface area contributed by atoms with Gasteiger partial charge in [0.05, 0.1) is 9.79 Å². The quantitative estimate of drug-likeness (QED) is 0.706. The minimum Gasteiger partial charge on any atom is -0.218 e. The van der Waals surface area contributed by atoms with E-state index < -0.39 is 9.84 Å². The van der Waals surface area contributed by atoms with Gasteiger partial charge in [-0.05, 0) is 35.7 Å². The van der Waals surface area contributed by atoms with Gasteiger partial charge in [-0.3, -0.25) is 0 Å². The van der Waals surface area contributed by atoms with Gasteiger partial charge in [0.25, 0.3) is 0 Å². The molecule has 3 aromatic carbocycles. The molecule has 0 saturated carbocycles. The molecule has 0 spiro atoms. The SMILES string of the molecule is O=S(=O)(c1ccc(Cl)cc1)c1cccc2ccccc12. The molecule has 0 amide bonds. The van der Waals surface area contributed by atoms with Crippen molar-refractivity contribution in [1.82, 2.24) is 0 Å². The lowest BCUT2D eigenvalue weighted by Gasteiger charge is -2.08. The van der Waals surface area contributed by atoms with Gasteiger partial charge in [-0.25, -0.2) is 8.42 Å². The van der Waals surface area contributed by atoms with Crippen LogP contribution >= 0.6 is 11.6 Å². The van der Waals surface area contributed by atoms with Crippen LogP contribution in [0.3, 0.4) is 0 Å². The first-order valence-corrected chi connectivity index (χ1v) is 7.93. The number of hydrogen-bond acceptors (Lipinski definition) is 2. The summed E-state index contributed by atoms with van der Waals surface area (Å²) >= 11 is 5.81. The van der Waals surface area contributed by atoms with E-state index in [-0.39, 0.29) is 4.90 Å². The predicted molar refractivity (Wildman–Crippen MR) is 80.9 cm³/mol. The highest BCUT2D eigenvalue weighted by Crippen LogP contribution is 2.28. The van der Waals surface area contributed by atoms with Crippen molar-refractivity contribution in [3.63, 3.8) is 0 Å². The highest BCUT2D eigenvalue weighted by molar-refractivity contribution is 7.91. The largest absolute Gasteiger partial charge is 0.218 e. The summed E-state index contributed by atoms with van der Waals surface area (Å²) in [6.07, 6.45) is 0. The van der Waals surface area contributed by atoms with Crippen LogP contribution in [-0.4, -0.2) is 8.42 Å². The van der Waals surface area contributed by atoms with Crippen LogP contribution in [0.25, 0.3) is 10.8 Å². The summed E-state index contributed by atoms with van der Waals surface area (Å²) in [4.78, 5) is 0.566. The molecule has 0 aliphatic rings. The van der Waals surface area contributed by atoms with Crippen molar-refractivity contribution in [1.29, 1.82) is 0 Å². The van der Waals surface area contributed by atoms with Crippen molar-refractivity contribution in [2.24, 2.45) is 0 Å². The van der Waals surface area contributed by atoms with E-state index in [1.807, 2.05) is 30.3 Å². The third-order valence-electron chi connectivity index (χ3n) is 3.16. The normalized spacial score (nSPS) is 11.7. The van der Waals surface area contributed by atoms with Crippen LogP contribution in [0.15, 0.2) is 76.5 Å². The van der Waals surface area contributed by atoms with Gasteiger partial charge in [-0.2, -0.15) is 0 Å². The van der Waals surface area contributed by atoms with Crippen molar-refractivity contribution in [2.45, 2.75) is 9.79 Å². The van der Waals surface area contributed by atoms with E-state index in [2.05, 4.69) is 0 Å². The monoisotopic (exact) mass is 302 g/mol. The molecule has 4 heteroatoms. The summed E-state index contributed by atoms with van der Waals surface area (Å²) in [5.41, 5.74) is 0. The Kier molecular flexibility index (Phi) is 3.24. The second kappa shape index (κ2) is 4.93. The lowest BCUT2D eigenvalue weighted by atomic mass is 10.1. The summed E-state index contributed by atoms with van der Waals surface area (Å²) in [7, 11) is -3.54. The first-order valence-electron chi connectivity index (χ1n) is 6.07. The van der Waals surface area contributed by atoms with Crippen LogP contribution in [-0.2, 0) is 9.84 Å².